The number of benzene rings is 1. The second kappa shape index (κ2) is 5.85. The smallest absolute Gasteiger partial charge is 0.323 e. The fourth-order valence-corrected chi connectivity index (χ4v) is 1.57. The molecule has 0 fully saturated rings. The predicted molar refractivity (Wildman–Crippen MR) is 56.4 cm³/mol. The summed E-state index contributed by atoms with van der Waals surface area (Å²) in [7, 11) is 0. The van der Waals surface area contributed by atoms with Gasteiger partial charge >= 0.3 is 5.97 Å². The highest BCUT2D eigenvalue weighted by Crippen LogP contribution is 2.30. The molecule has 0 aromatic heterocycles. The van der Waals surface area contributed by atoms with Crippen molar-refractivity contribution >= 4 is 11.7 Å². The number of hydrogen-bond donors (Lipinski definition) is 1. The van der Waals surface area contributed by atoms with E-state index in [1.807, 2.05) is 0 Å². The topological polar surface area (TPSA) is 40.5 Å². The number of carboxylic acids is 1. The van der Waals surface area contributed by atoms with Crippen LogP contribution in [0.3, 0.4) is 0 Å². The van der Waals surface area contributed by atoms with Crippen LogP contribution in [-0.2, 0) is 4.79 Å². The van der Waals surface area contributed by atoms with Crippen LogP contribution >= 0.6 is 0 Å². The molecule has 3 nitrogen and oxygen atoms in total. The lowest BCUT2D eigenvalue weighted by Gasteiger charge is -2.23. The van der Waals surface area contributed by atoms with Crippen molar-refractivity contribution in [3.05, 3.63) is 29.1 Å². The Hall–Kier alpha value is -1.86. The first-order valence-electron chi connectivity index (χ1n) is 5.29. The first-order valence-corrected chi connectivity index (χ1v) is 5.29. The Balaban J connectivity index is 3.41. The van der Waals surface area contributed by atoms with Crippen LogP contribution in [0.15, 0.2) is 0 Å². The maximum Gasteiger partial charge on any atom is 0.323 e. The van der Waals surface area contributed by atoms with E-state index in [4.69, 9.17) is 5.11 Å². The molecule has 1 rings (SSSR count). The Morgan fingerprint density at radius 1 is 1.00 bits per heavy atom. The van der Waals surface area contributed by atoms with Gasteiger partial charge < -0.3 is 10.0 Å². The monoisotopic (exact) mass is 283 g/mol. The Morgan fingerprint density at radius 3 is 1.79 bits per heavy atom. The van der Waals surface area contributed by atoms with Crippen LogP contribution in [0.2, 0.25) is 0 Å². The van der Waals surface area contributed by atoms with Crippen molar-refractivity contribution in [1.29, 1.82) is 0 Å². The molecule has 0 aliphatic rings. The number of halogens is 5. The van der Waals surface area contributed by atoms with Gasteiger partial charge in [-0.15, -0.1) is 0 Å². The summed E-state index contributed by atoms with van der Waals surface area (Å²) in [6.45, 7) is 0.539. The van der Waals surface area contributed by atoms with Gasteiger partial charge in [0.15, 0.2) is 23.3 Å². The molecule has 0 bridgehead atoms. The van der Waals surface area contributed by atoms with E-state index in [1.165, 1.54) is 0 Å². The molecule has 0 saturated heterocycles. The predicted octanol–water partition coefficient (Wildman–Crippen LogP) is 2.68. The quantitative estimate of drug-likeness (QED) is 0.513. The third-order valence-corrected chi connectivity index (χ3v) is 2.32. The average Bonchev–Trinajstić information content (AvgIpc) is 2.34. The zero-order chi connectivity index (χ0) is 14.7. The summed E-state index contributed by atoms with van der Waals surface area (Å²) < 4.78 is 65.8. The molecule has 0 saturated carbocycles. The minimum atomic E-state index is -2.27. The van der Waals surface area contributed by atoms with Crippen molar-refractivity contribution in [2.45, 2.75) is 13.3 Å². The van der Waals surface area contributed by atoms with Crippen LogP contribution in [0.25, 0.3) is 0 Å². The van der Waals surface area contributed by atoms with Crippen LogP contribution in [0.1, 0.15) is 13.3 Å². The minimum Gasteiger partial charge on any atom is -0.480 e. The first-order chi connectivity index (χ1) is 8.81. The minimum absolute atomic E-state index is 0.162. The highest BCUT2D eigenvalue weighted by atomic mass is 19.2. The van der Waals surface area contributed by atoms with Gasteiger partial charge in [-0.1, -0.05) is 6.92 Å². The number of rotatable bonds is 5. The van der Waals surface area contributed by atoms with Crippen LogP contribution in [0, 0.1) is 29.1 Å². The van der Waals surface area contributed by atoms with Crippen molar-refractivity contribution in [3.63, 3.8) is 0 Å². The van der Waals surface area contributed by atoms with E-state index < -0.39 is 47.3 Å². The Bertz CT molecular complexity index is 477. The summed E-state index contributed by atoms with van der Waals surface area (Å²) in [5, 5.41) is 8.60. The van der Waals surface area contributed by atoms with Crippen LogP contribution < -0.4 is 4.90 Å². The van der Waals surface area contributed by atoms with E-state index in [0.717, 1.165) is 0 Å². The van der Waals surface area contributed by atoms with Gasteiger partial charge in [0, 0.05) is 6.54 Å². The van der Waals surface area contributed by atoms with E-state index in [9.17, 15) is 26.7 Å². The molecule has 19 heavy (non-hydrogen) atoms. The summed E-state index contributed by atoms with van der Waals surface area (Å²) >= 11 is 0. The number of nitrogens with zero attached hydrogens (tertiary/aromatic N) is 1. The lowest BCUT2D eigenvalue weighted by molar-refractivity contribution is -0.135. The Labute approximate surface area is 105 Å². The molecule has 0 atom stereocenters. The van der Waals surface area contributed by atoms with E-state index in [2.05, 4.69) is 0 Å². The summed E-state index contributed by atoms with van der Waals surface area (Å²) in [4.78, 5) is 11.2. The number of anilines is 1. The molecule has 0 heterocycles. The van der Waals surface area contributed by atoms with Crippen molar-refractivity contribution in [2.75, 3.05) is 18.0 Å². The molecule has 1 N–H and O–H groups in total. The Kier molecular flexibility index (Phi) is 4.68. The third kappa shape index (κ3) is 2.94. The zero-order valence-corrected chi connectivity index (χ0v) is 9.81. The normalized spacial score (nSPS) is 10.6. The Morgan fingerprint density at radius 2 is 1.42 bits per heavy atom. The van der Waals surface area contributed by atoms with Gasteiger partial charge in [0.1, 0.15) is 12.2 Å². The second-order valence-corrected chi connectivity index (χ2v) is 3.73. The van der Waals surface area contributed by atoms with Crippen molar-refractivity contribution in [1.82, 2.24) is 0 Å². The molecule has 0 aliphatic heterocycles. The van der Waals surface area contributed by atoms with E-state index >= 15 is 0 Å². The van der Waals surface area contributed by atoms with Gasteiger partial charge in [-0.05, 0) is 6.42 Å². The van der Waals surface area contributed by atoms with E-state index in [-0.39, 0.29) is 13.0 Å². The van der Waals surface area contributed by atoms with Gasteiger partial charge in [-0.25, -0.2) is 22.0 Å². The van der Waals surface area contributed by atoms with Crippen LogP contribution in [-0.4, -0.2) is 24.2 Å². The number of aliphatic carboxylic acids is 1. The molecular weight excluding hydrogens is 273 g/mol. The lowest BCUT2D eigenvalue weighted by Crippen LogP contribution is -2.32. The zero-order valence-electron chi connectivity index (χ0n) is 9.81. The van der Waals surface area contributed by atoms with Gasteiger partial charge in [-0.2, -0.15) is 0 Å². The second-order valence-electron chi connectivity index (χ2n) is 3.73. The first kappa shape index (κ1) is 15.2. The fraction of sp³-hybridized carbons (Fsp3) is 0.364. The molecule has 0 spiro atoms. The average molecular weight is 283 g/mol. The summed E-state index contributed by atoms with van der Waals surface area (Å²) in [6, 6.07) is 0. The van der Waals surface area contributed by atoms with Crippen molar-refractivity contribution in [3.8, 4) is 0 Å². The maximum absolute atomic E-state index is 13.5. The molecule has 0 aliphatic carbocycles. The van der Waals surface area contributed by atoms with Gasteiger partial charge in [-0.3, -0.25) is 4.79 Å². The standard InChI is InChI=1S/C11H10F5NO2/c1-2-3-17(4-5(18)19)11-9(15)7(13)6(12)8(14)10(11)16/h2-4H2,1H3,(H,18,19). The molecule has 106 valence electrons. The molecule has 1 aromatic rings. The van der Waals surface area contributed by atoms with Crippen LogP contribution in [0.4, 0.5) is 27.6 Å². The number of carbonyl (C=O) groups is 1. The van der Waals surface area contributed by atoms with Crippen LogP contribution in [0.5, 0.6) is 0 Å². The molecular formula is C11H10F5NO2. The molecule has 1 aromatic carbocycles. The van der Waals surface area contributed by atoms with Gasteiger partial charge in [0.05, 0.1) is 0 Å². The third-order valence-electron chi connectivity index (χ3n) is 2.32. The molecule has 0 unspecified atom stereocenters. The van der Waals surface area contributed by atoms with Gasteiger partial charge in [0.25, 0.3) is 0 Å². The van der Waals surface area contributed by atoms with E-state index in [1.54, 1.807) is 6.92 Å². The molecule has 0 amide bonds. The molecule has 8 heteroatoms. The van der Waals surface area contributed by atoms with Crippen molar-refractivity contribution in [2.24, 2.45) is 0 Å². The maximum atomic E-state index is 13.5. The van der Waals surface area contributed by atoms with Gasteiger partial charge in [0.2, 0.25) is 5.82 Å². The SMILES string of the molecule is CCCN(CC(=O)O)c1c(F)c(F)c(F)c(F)c1F. The summed E-state index contributed by atoms with van der Waals surface area (Å²) in [5.74, 6) is -12.0. The largest absolute Gasteiger partial charge is 0.480 e. The number of hydrogen-bond acceptors (Lipinski definition) is 2. The highest BCUT2D eigenvalue weighted by molar-refractivity contribution is 5.74. The summed E-state index contributed by atoms with van der Waals surface area (Å²) in [6.07, 6.45) is 0.271. The molecule has 0 radical (unpaired) electrons. The number of carboxylic acid groups (broad SMARTS) is 1. The fourth-order valence-electron chi connectivity index (χ4n) is 1.57. The lowest BCUT2D eigenvalue weighted by atomic mass is 10.2. The van der Waals surface area contributed by atoms with Crippen molar-refractivity contribution < 1.29 is 31.9 Å². The highest BCUT2D eigenvalue weighted by Gasteiger charge is 2.29. The summed E-state index contributed by atoms with van der Waals surface area (Å²) in [5.41, 5.74) is -1.22. The van der Waals surface area contributed by atoms with E-state index in [0.29, 0.717) is 4.90 Å².